The topological polar surface area (TPSA) is 85.4 Å². The van der Waals surface area contributed by atoms with Crippen molar-refractivity contribution in [1.29, 1.82) is 0 Å². The first kappa shape index (κ1) is 16.4. The molecule has 1 aromatic heterocycles. The predicted molar refractivity (Wildman–Crippen MR) is 86.1 cm³/mol. The van der Waals surface area contributed by atoms with Crippen molar-refractivity contribution in [2.24, 2.45) is 0 Å². The van der Waals surface area contributed by atoms with Gasteiger partial charge in [-0.05, 0) is 31.0 Å². The molecular weight excluding hydrogens is 360 g/mol. The Morgan fingerprint density at radius 1 is 1.43 bits per heavy atom. The molecular formula is C14H13ClN2O4S2. The Labute approximate surface area is 142 Å². The van der Waals surface area contributed by atoms with Crippen LogP contribution in [-0.4, -0.2) is 25.9 Å². The fourth-order valence-electron chi connectivity index (χ4n) is 2.18. The van der Waals surface area contributed by atoms with Crippen molar-refractivity contribution >= 4 is 38.9 Å². The second-order valence-electron chi connectivity index (χ2n) is 4.96. The van der Waals surface area contributed by atoms with E-state index in [-0.39, 0.29) is 21.7 Å². The summed E-state index contributed by atoms with van der Waals surface area (Å²) in [6, 6.07) is 5.69. The van der Waals surface area contributed by atoms with Crippen molar-refractivity contribution in [1.82, 2.24) is 9.71 Å². The molecule has 1 atom stereocenters. The largest absolute Gasteiger partial charge is 0.371 e. The van der Waals surface area contributed by atoms with Gasteiger partial charge in [-0.3, -0.25) is 4.79 Å². The smallest absolute Gasteiger partial charge is 0.284 e. The molecule has 6 nitrogen and oxygen atoms in total. The van der Waals surface area contributed by atoms with Gasteiger partial charge in [-0.1, -0.05) is 17.7 Å². The summed E-state index contributed by atoms with van der Waals surface area (Å²) < 4.78 is 31.9. The summed E-state index contributed by atoms with van der Waals surface area (Å²) in [5.74, 6) is -0.773. The summed E-state index contributed by atoms with van der Waals surface area (Å²) in [5, 5.41) is 2.49. The zero-order valence-electron chi connectivity index (χ0n) is 11.9. The summed E-state index contributed by atoms with van der Waals surface area (Å²) in [4.78, 5) is 16.2. The number of carbonyl (C=O) groups excluding carboxylic acids is 1. The number of carbonyl (C=O) groups is 1. The highest BCUT2D eigenvalue weighted by Crippen LogP contribution is 2.30. The average molecular weight is 373 g/mol. The zero-order chi connectivity index (χ0) is 16.4. The molecule has 1 aliphatic rings. The molecule has 1 saturated heterocycles. The lowest BCUT2D eigenvalue weighted by Gasteiger charge is -2.06. The number of halogens is 1. The maximum atomic E-state index is 12.2. The normalized spacial score (nSPS) is 18.0. The minimum absolute atomic E-state index is 0.0612. The van der Waals surface area contributed by atoms with E-state index in [4.69, 9.17) is 16.3 Å². The van der Waals surface area contributed by atoms with Crippen molar-refractivity contribution in [3.05, 3.63) is 45.4 Å². The number of sulfonamides is 1. The van der Waals surface area contributed by atoms with E-state index < -0.39 is 15.9 Å². The molecule has 1 fully saturated rings. The summed E-state index contributed by atoms with van der Waals surface area (Å²) >= 11 is 7.07. The first-order valence-corrected chi connectivity index (χ1v) is 9.59. The maximum absolute atomic E-state index is 12.2. The molecule has 0 spiro atoms. The van der Waals surface area contributed by atoms with Gasteiger partial charge in [0.1, 0.15) is 16.8 Å². The highest BCUT2D eigenvalue weighted by molar-refractivity contribution is 7.90. The first-order chi connectivity index (χ1) is 11.0. The van der Waals surface area contributed by atoms with Crippen molar-refractivity contribution in [3.8, 4) is 0 Å². The number of amides is 1. The maximum Gasteiger partial charge on any atom is 0.284 e. The number of nitrogens with one attached hydrogen (secondary N) is 1. The number of aromatic nitrogens is 1. The number of rotatable bonds is 4. The van der Waals surface area contributed by atoms with Gasteiger partial charge in [-0.2, -0.15) is 0 Å². The van der Waals surface area contributed by atoms with Crippen LogP contribution in [0.1, 0.15) is 34.4 Å². The lowest BCUT2D eigenvalue weighted by Crippen LogP contribution is -2.30. The van der Waals surface area contributed by atoms with E-state index in [9.17, 15) is 13.2 Å². The molecule has 1 aromatic carbocycles. The van der Waals surface area contributed by atoms with Crippen LogP contribution >= 0.6 is 22.9 Å². The van der Waals surface area contributed by atoms with Crippen LogP contribution < -0.4 is 4.72 Å². The Bertz CT molecular complexity index is 829. The molecule has 0 saturated carbocycles. The number of ether oxygens (including phenoxy) is 1. The van der Waals surface area contributed by atoms with Crippen LogP contribution in [0.4, 0.5) is 0 Å². The highest BCUT2D eigenvalue weighted by atomic mass is 35.5. The Morgan fingerprint density at radius 2 is 2.26 bits per heavy atom. The third kappa shape index (κ3) is 3.72. The van der Waals surface area contributed by atoms with Crippen LogP contribution in [-0.2, 0) is 14.8 Å². The second-order valence-corrected chi connectivity index (χ2v) is 7.97. The van der Waals surface area contributed by atoms with Crippen molar-refractivity contribution in [2.75, 3.05) is 6.61 Å². The molecule has 1 unspecified atom stereocenters. The minimum Gasteiger partial charge on any atom is -0.371 e. The van der Waals surface area contributed by atoms with Crippen molar-refractivity contribution in [2.45, 2.75) is 23.8 Å². The van der Waals surface area contributed by atoms with E-state index in [0.29, 0.717) is 11.6 Å². The molecule has 2 aromatic rings. The summed E-state index contributed by atoms with van der Waals surface area (Å²) in [7, 11) is -3.99. The number of hydrogen-bond acceptors (Lipinski definition) is 6. The molecule has 9 heteroatoms. The fourth-order valence-corrected chi connectivity index (χ4v) is 4.32. The highest BCUT2D eigenvalue weighted by Gasteiger charge is 2.24. The SMILES string of the molecule is O=C(NS(=O)(=O)c1cccc(Cl)c1)c1csc(C2CCCO2)n1. The molecule has 122 valence electrons. The van der Waals surface area contributed by atoms with Gasteiger partial charge in [0.05, 0.1) is 4.90 Å². The Hall–Kier alpha value is -1.48. The summed E-state index contributed by atoms with van der Waals surface area (Å²) in [6.07, 6.45) is 1.70. The van der Waals surface area contributed by atoms with E-state index in [0.717, 1.165) is 12.8 Å². The van der Waals surface area contributed by atoms with Crippen LogP contribution in [0.2, 0.25) is 5.02 Å². The second kappa shape index (κ2) is 6.56. The number of nitrogens with zero attached hydrogens (tertiary/aromatic N) is 1. The Kier molecular flexibility index (Phi) is 4.67. The molecule has 2 heterocycles. The van der Waals surface area contributed by atoms with Gasteiger partial charge < -0.3 is 4.74 Å². The van der Waals surface area contributed by atoms with E-state index in [1.807, 2.05) is 4.72 Å². The summed E-state index contributed by atoms with van der Waals surface area (Å²) in [5.41, 5.74) is 0.0612. The minimum atomic E-state index is -3.99. The Balaban J connectivity index is 1.76. The first-order valence-electron chi connectivity index (χ1n) is 6.85. The molecule has 3 rings (SSSR count). The number of thiazole rings is 1. The van der Waals surface area contributed by atoms with Gasteiger partial charge in [0.2, 0.25) is 0 Å². The van der Waals surface area contributed by atoms with Gasteiger partial charge in [-0.15, -0.1) is 11.3 Å². The fraction of sp³-hybridized carbons (Fsp3) is 0.286. The molecule has 0 bridgehead atoms. The molecule has 0 radical (unpaired) electrons. The van der Waals surface area contributed by atoms with Crippen LogP contribution in [0.25, 0.3) is 0 Å². The Morgan fingerprint density at radius 3 is 2.96 bits per heavy atom. The molecule has 1 N–H and O–H groups in total. The number of benzene rings is 1. The van der Waals surface area contributed by atoms with E-state index in [1.54, 1.807) is 6.07 Å². The van der Waals surface area contributed by atoms with Gasteiger partial charge in [-0.25, -0.2) is 18.1 Å². The summed E-state index contributed by atoms with van der Waals surface area (Å²) in [6.45, 7) is 0.676. The molecule has 1 amide bonds. The predicted octanol–water partition coefficient (Wildman–Crippen LogP) is 2.77. The van der Waals surface area contributed by atoms with E-state index in [2.05, 4.69) is 4.98 Å². The van der Waals surface area contributed by atoms with E-state index >= 15 is 0 Å². The van der Waals surface area contributed by atoms with Gasteiger partial charge in [0, 0.05) is 17.0 Å². The lowest BCUT2D eigenvalue weighted by molar-refractivity contribution is 0.0973. The van der Waals surface area contributed by atoms with Crippen molar-refractivity contribution < 1.29 is 17.9 Å². The van der Waals surface area contributed by atoms with Crippen molar-refractivity contribution in [3.63, 3.8) is 0 Å². The monoisotopic (exact) mass is 372 g/mol. The third-order valence-corrected chi connectivity index (χ3v) is 5.79. The molecule has 23 heavy (non-hydrogen) atoms. The zero-order valence-corrected chi connectivity index (χ0v) is 14.2. The average Bonchev–Trinajstić information content (AvgIpc) is 3.18. The van der Waals surface area contributed by atoms with Crippen LogP contribution in [0.5, 0.6) is 0 Å². The third-order valence-electron chi connectivity index (χ3n) is 3.29. The molecule has 1 aliphatic heterocycles. The van der Waals surface area contributed by atoms with Crippen LogP contribution in [0.3, 0.4) is 0 Å². The van der Waals surface area contributed by atoms with Crippen LogP contribution in [0.15, 0.2) is 34.5 Å². The van der Waals surface area contributed by atoms with Gasteiger partial charge >= 0.3 is 0 Å². The quantitative estimate of drug-likeness (QED) is 0.891. The van der Waals surface area contributed by atoms with Gasteiger partial charge in [0.15, 0.2) is 0 Å². The van der Waals surface area contributed by atoms with Gasteiger partial charge in [0.25, 0.3) is 15.9 Å². The molecule has 0 aliphatic carbocycles. The number of hydrogen-bond donors (Lipinski definition) is 1. The van der Waals surface area contributed by atoms with E-state index in [1.165, 1.54) is 34.9 Å². The van der Waals surface area contributed by atoms with Crippen LogP contribution in [0, 0.1) is 0 Å². The standard InChI is InChI=1S/C14H13ClN2O4S2/c15-9-3-1-4-10(7-9)23(19,20)17-13(18)11-8-22-14(16-11)12-5-2-6-21-12/h1,3-4,7-8,12H,2,5-6H2,(H,17,18). The lowest BCUT2D eigenvalue weighted by atomic mass is 10.2.